The molecule has 4 heteroatoms. The first kappa shape index (κ1) is 22.1. The quantitative estimate of drug-likeness (QED) is 0.703. The van der Waals surface area contributed by atoms with Gasteiger partial charge in [0.15, 0.2) is 0 Å². The van der Waals surface area contributed by atoms with Crippen LogP contribution in [0.15, 0.2) is 60.7 Å². The van der Waals surface area contributed by atoms with Crippen LogP contribution in [0.1, 0.15) is 63.5 Å². The van der Waals surface area contributed by atoms with E-state index in [0.717, 1.165) is 30.4 Å². The number of benzene rings is 2. The minimum absolute atomic E-state index is 0.0000402. The van der Waals surface area contributed by atoms with Gasteiger partial charge >= 0.3 is 0 Å². The Balaban J connectivity index is 1.78. The molecule has 2 amide bonds. The maximum atomic E-state index is 13.4. The molecule has 0 bridgehead atoms. The van der Waals surface area contributed by atoms with Crippen LogP contribution in [0.25, 0.3) is 0 Å². The minimum Gasteiger partial charge on any atom is -0.351 e. The predicted octanol–water partition coefficient (Wildman–Crippen LogP) is 4.65. The highest BCUT2D eigenvalue weighted by atomic mass is 16.2. The van der Waals surface area contributed by atoms with Crippen molar-refractivity contribution in [2.45, 2.75) is 64.5 Å². The maximum absolute atomic E-state index is 13.4. The number of nitrogens with one attached hydrogen (secondary N) is 2. The first-order valence-corrected chi connectivity index (χ1v) is 11.2. The SMILES string of the molecule is CC(C)[C@H](NC(=O)C(c1ccccc1)c1ccccc1)C(=O)N[C@H]1CCCC[C@H]1C. The fraction of sp³-hybridized carbons (Fsp3) is 0.462. The number of hydrogen-bond donors (Lipinski definition) is 2. The lowest BCUT2D eigenvalue weighted by Crippen LogP contribution is -2.54. The van der Waals surface area contributed by atoms with Crippen molar-refractivity contribution in [1.29, 1.82) is 0 Å². The minimum atomic E-state index is -0.554. The summed E-state index contributed by atoms with van der Waals surface area (Å²) in [7, 11) is 0. The second-order valence-corrected chi connectivity index (χ2v) is 8.86. The molecule has 30 heavy (non-hydrogen) atoms. The highest BCUT2D eigenvalue weighted by Crippen LogP contribution is 2.26. The molecule has 2 aromatic rings. The smallest absolute Gasteiger partial charge is 0.243 e. The van der Waals surface area contributed by atoms with Crippen molar-refractivity contribution in [3.8, 4) is 0 Å². The topological polar surface area (TPSA) is 58.2 Å². The molecule has 0 aliphatic heterocycles. The summed E-state index contributed by atoms with van der Waals surface area (Å²) in [5.74, 6) is -0.183. The summed E-state index contributed by atoms with van der Waals surface area (Å²) < 4.78 is 0. The molecule has 4 nitrogen and oxygen atoms in total. The summed E-state index contributed by atoms with van der Waals surface area (Å²) in [6.07, 6.45) is 4.54. The molecular weight excluding hydrogens is 372 g/mol. The number of carbonyl (C=O) groups excluding carboxylic acids is 2. The fourth-order valence-corrected chi connectivity index (χ4v) is 4.36. The molecular formula is C26H34N2O2. The Morgan fingerprint density at radius 2 is 1.37 bits per heavy atom. The van der Waals surface area contributed by atoms with E-state index in [1.165, 1.54) is 6.42 Å². The first-order valence-electron chi connectivity index (χ1n) is 11.2. The maximum Gasteiger partial charge on any atom is 0.243 e. The molecule has 3 atom stereocenters. The van der Waals surface area contributed by atoms with E-state index in [-0.39, 0.29) is 23.8 Å². The van der Waals surface area contributed by atoms with Gasteiger partial charge in [-0.1, -0.05) is 94.3 Å². The number of amides is 2. The third-order valence-corrected chi connectivity index (χ3v) is 6.21. The van der Waals surface area contributed by atoms with Crippen LogP contribution in [0.5, 0.6) is 0 Å². The van der Waals surface area contributed by atoms with Gasteiger partial charge in [0.05, 0.1) is 5.92 Å². The van der Waals surface area contributed by atoms with Gasteiger partial charge in [0.1, 0.15) is 6.04 Å². The average molecular weight is 407 g/mol. The molecule has 0 radical (unpaired) electrons. The van der Waals surface area contributed by atoms with Crippen LogP contribution in [0, 0.1) is 11.8 Å². The van der Waals surface area contributed by atoms with E-state index in [1.807, 2.05) is 74.5 Å². The Bertz CT molecular complexity index is 780. The van der Waals surface area contributed by atoms with Crippen LogP contribution in [0.2, 0.25) is 0 Å². The predicted molar refractivity (Wildman–Crippen MR) is 121 cm³/mol. The molecule has 1 aliphatic carbocycles. The molecule has 0 unspecified atom stereocenters. The van der Waals surface area contributed by atoms with Crippen LogP contribution < -0.4 is 10.6 Å². The Morgan fingerprint density at radius 1 is 0.833 bits per heavy atom. The van der Waals surface area contributed by atoms with E-state index in [4.69, 9.17) is 0 Å². The summed E-state index contributed by atoms with van der Waals surface area (Å²) in [6, 6.07) is 19.1. The van der Waals surface area contributed by atoms with Crippen molar-refractivity contribution in [1.82, 2.24) is 10.6 Å². The summed E-state index contributed by atoms with van der Waals surface area (Å²) in [5.41, 5.74) is 1.84. The van der Waals surface area contributed by atoms with E-state index >= 15 is 0 Å². The molecule has 3 rings (SSSR count). The molecule has 1 aliphatic rings. The Kier molecular flexibility index (Phi) is 7.67. The molecule has 0 saturated heterocycles. The zero-order valence-electron chi connectivity index (χ0n) is 18.3. The lowest BCUT2D eigenvalue weighted by Gasteiger charge is -2.32. The van der Waals surface area contributed by atoms with E-state index in [0.29, 0.717) is 5.92 Å². The van der Waals surface area contributed by atoms with Gasteiger partial charge in [-0.3, -0.25) is 9.59 Å². The Hall–Kier alpha value is -2.62. The monoisotopic (exact) mass is 406 g/mol. The lowest BCUT2D eigenvalue weighted by molar-refractivity contribution is -0.131. The van der Waals surface area contributed by atoms with Crippen molar-refractivity contribution in [2.75, 3.05) is 0 Å². The highest BCUT2D eigenvalue weighted by Gasteiger charge is 2.32. The van der Waals surface area contributed by atoms with E-state index in [1.54, 1.807) is 0 Å². The Morgan fingerprint density at radius 3 is 1.87 bits per heavy atom. The molecule has 2 N–H and O–H groups in total. The summed E-state index contributed by atoms with van der Waals surface area (Å²) in [5, 5.41) is 6.29. The van der Waals surface area contributed by atoms with Crippen LogP contribution >= 0.6 is 0 Å². The van der Waals surface area contributed by atoms with Crippen LogP contribution in [-0.2, 0) is 9.59 Å². The summed E-state index contributed by atoms with van der Waals surface area (Å²) in [6.45, 7) is 6.16. The number of hydrogen-bond acceptors (Lipinski definition) is 2. The van der Waals surface area contributed by atoms with Gasteiger partial charge in [-0.2, -0.15) is 0 Å². The highest BCUT2D eigenvalue weighted by molar-refractivity contribution is 5.92. The van der Waals surface area contributed by atoms with Crippen molar-refractivity contribution in [3.05, 3.63) is 71.8 Å². The van der Waals surface area contributed by atoms with Crippen molar-refractivity contribution < 1.29 is 9.59 Å². The van der Waals surface area contributed by atoms with Crippen molar-refractivity contribution in [2.24, 2.45) is 11.8 Å². The van der Waals surface area contributed by atoms with Gasteiger partial charge < -0.3 is 10.6 Å². The zero-order chi connectivity index (χ0) is 21.5. The van der Waals surface area contributed by atoms with Crippen LogP contribution in [0.4, 0.5) is 0 Å². The molecule has 1 fully saturated rings. The third-order valence-electron chi connectivity index (χ3n) is 6.21. The Labute approximate surface area is 180 Å². The normalized spacial score (nSPS) is 20.0. The molecule has 160 valence electrons. The summed E-state index contributed by atoms with van der Waals surface area (Å²) >= 11 is 0. The largest absolute Gasteiger partial charge is 0.351 e. The van der Waals surface area contributed by atoms with Crippen molar-refractivity contribution in [3.63, 3.8) is 0 Å². The summed E-state index contributed by atoms with van der Waals surface area (Å²) in [4.78, 5) is 26.5. The van der Waals surface area contributed by atoms with Gasteiger partial charge in [0, 0.05) is 6.04 Å². The first-order chi connectivity index (χ1) is 14.5. The second kappa shape index (κ2) is 10.4. The number of rotatable bonds is 7. The van der Waals surface area contributed by atoms with Crippen LogP contribution in [-0.4, -0.2) is 23.9 Å². The second-order valence-electron chi connectivity index (χ2n) is 8.86. The van der Waals surface area contributed by atoms with Gasteiger partial charge in [0.25, 0.3) is 0 Å². The van der Waals surface area contributed by atoms with E-state index in [9.17, 15) is 9.59 Å². The molecule has 0 aromatic heterocycles. The van der Waals surface area contributed by atoms with Gasteiger partial charge in [-0.05, 0) is 35.8 Å². The third kappa shape index (κ3) is 5.50. The van der Waals surface area contributed by atoms with Gasteiger partial charge in [-0.15, -0.1) is 0 Å². The van der Waals surface area contributed by atoms with Crippen LogP contribution in [0.3, 0.4) is 0 Å². The van der Waals surface area contributed by atoms with Crippen molar-refractivity contribution >= 4 is 11.8 Å². The zero-order valence-corrected chi connectivity index (χ0v) is 18.3. The molecule has 0 heterocycles. The van der Waals surface area contributed by atoms with E-state index < -0.39 is 12.0 Å². The van der Waals surface area contributed by atoms with Gasteiger partial charge in [-0.25, -0.2) is 0 Å². The molecule has 0 spiro atoms. The fourth-order valence-electron chi connectivity index (χ4n) is 4.36. The van der Waals surface area contributed by atoms with E-state index in [2.05, 4.69) is 17.6 Å². The number of carbonyl (C=O) groups is 2. The van der Waals surface area contributed by atoms with Gasteiger partial charge in [0.2, 0.25) is 11.8 Å². The lowest BCUT2D eigenvalue weighted by atomic mass is 9.85. The molecule has 1 saturated carbocycles. The standard InChI is InChI=1S/C26H34N2O2/c1-18(2)24(26(30)27-22-17-11-10-12-19(22)3)28-25(29)23(20-13-6-4-7-14-20)21-15-8-5-9-16-21/h4-9,13-16,18-19,22-24H,10-12,17H2,1-3H3,(H,27,30)(H,28,29)/t19-,22+,24+/m1/s1. The molecule has 2 aromatic carbocycles. The average Bonchev–Trinajstić information content (AvgIpc) is 2.75.